The molecule has 3 rings (SSSR count). The van der Waals surface area contributed by atoms with Crippen LogP contribution in [0.5, 0.6) is 0 Å². The smallest absolute Gasteiger partial charge is 0.324 e. The van der Waals surface area contributed by atoms with Gasteiger partial charge in [-0.25, -0.2) is 0 Å². The van der Waals surface area contributed by atoms with Crippen LogP contribution in [0.25, 0.3) is 0 Å². The Hall–Kier alpha value is -1.10. The van der Waals surface area contributed by atoms with Crippen LogP contribution < -0.4 is 4.90 Å². The summed E-state index contributed by atoms with van der Waals surface area (Å²) < 4.78 is 11.3. The van der Waals surface area contributed by atoms with Gasteiger partial charge in [-0.1, -0.05) is 19.0 Å². The highest BCUT2D eigenvalue weighted by molar-refractivity contribution is 5.30. The van der Waals surface area contributed by atoms with Crippen LogP contribution in [0, 0.1) is 5.41 Å². The minimum atomic E-state index is 0.00788. The van der Waals surface area contributed by atoms with Gasteiger partial charge in [0.05, 0.1) is 12.2 Å². The Morgan fingerprint density at radius 2 is 2.11 bits per heavy atom. The number of rotatable bonds is 2. The van der Waals surface area contributed by atoms with Crippen LogP contribution >= 0.6 is 0 Å². The van der Waals surface area contributed by atoms with Gasteiger partial charge in [-0.2, -0.15) is 4.98 Å². The molecular formula is C14H23N3O2. The van der Waals surface area contributed by atoms with Crippen molar-refractivity contribution in [1.29, 1.82) is 0 Å². The predicted octanol–water partition coefficient (Wildman–Crippen LogP) is 2.59. The fourth-order valence-electron chi connectivity index (χ4n) is 3.30. The van der Waals surface area contributed by atoms with Crippen LogP contribution in [0.15, 0.2) is 4.52 Å². The summed E-state index contributed by atoms with van der Waals surface area (Å²) in [7, 11) is 0. The lowest BCUT2D eigenvalue weighted by Crippen LogP contribution is -2.28. The topological polar surface area (TPSA) is 51.4 Å². The molecule has 0 saturated carbocycles. The molecule has 2 fully saturated rings. The molecule has 2 aliphatic heterocycles. The van der Waals surface area contributed by atoms with Gasteiger partial charge in [0.15, 0.2) is 5.82 Å². The van der Waals surface area contributed by atoms with Crippen molar-refractivity contribution in [2.24, 2.45) is 5.41 Å². The SMILES string of the molecule is CC(C)c1noc(N2CCC3(COC(C)(C)C3)C2)n1. The van der Waals surface area contributed by atoms with E-state index in [1.807, 2.05) is 0 Å². The maximum Gasteiger partial charge on any atom is 0.324 e. The van der Waals surface area contributed by atoms with Gasteiger partial charge in [0.1, 0.15) is 0 Å². The number of anilines is 1. The summed E-state index contributed by atoms with van der Waals surface area (Å²) >= 11 is 0. The van der Waals surface area contributed by atoms with E-state index >= 15 is 0 Å². The number of ether oxygens (including phenoxy) is 1. The summed E-state index contributed by atoms with van der Waals surface area (Å²) in [5, 5.41) is 4.04. The van der Waals surface area contributed by atoms with Crippen LogP contribution in [0.1, 0.15) is 52.3 Å². The third kappa shape index (κ3) is 2.36. The van der Waals surface area contributed by atoms with Gasteiger partial charge in [-0.3, -0.25) is 0 Å². The third-order valence-electron chi connectivity index (χ3n) is 4.23. The Balaban J connectivity index is 1.72. The van der Waals surface area contributed by atoms with E-state index in [9.17, 15) is 0 Å². The number of aromatic nitrogens is 2. The Morgan fingerprint density at radius 3 is 2.68 bits per heavy atom. The first-order valence-corrected chi connectivity index (χ1v) is 7.12. The zero-order chi connectivity index (χ0) is 13.7. The molecule has 106 valence electrons. The number of hydrogen-bond acceptors (Lipinski definition) is 5. The van der Waals surface area contributed by atoms with Crippen molar-refractivity contribution in [3.63, 3.8) is 0 Å². The minimum Gasteiger partial charge on any atom is -0.375 e. The number of hydrogen-bond donors (Lipinski definition) is 0. The van der Waals surface area contributed by atoms with E-state index in [2.05, 4.69) is 42.7 Å². The van der Waals surface area contributed by atoms with Gasteiger partial charge in [0, 0.05) is 24.4 Å². The zero-order valence-corrected chi connectivity index (χ0v) is 12.3. The molecule has 2 aliphatic rings. The molecule has 0 amide bonds. The second-order valence-electron chi connectivity index (χ2n) is 6.99. The molecule has 0 aromatic carbocycles. The van der Waals surface area contributed by atoms with Crippen molar-refractivity contribution in [3.8, 4) is 0 Å². The molecule has 3 heterocycles. The lowest BCUT2D eigenvalue weighted by molar-refractivity contribution is 0.0320. The summed E-state index contributed by atoms with van der Waals surface area (Å²) in [6.45, 7) is 11.3. The average molecular weight is 265 g/mol. The van der Waals surface area contributed by atoms with Gasteiger partial charge in [0.2, 0.25) is 0 Å². The highest BCUT2D eigenvalue weighted by atomic mass is 16.5. The van der Waals surface area contributed by atoms with Gasteiger partial charge in [0.25, 0.3) is 0 Å². The minimum absolute atomic E-state index is 0.00788. The highest BCUT2D eigenvalue weighted by Crippen LogP contribution is 2.46. The Kier molecular flexibility index (Phi) is 2.85. The van der Waals surface area contributed by atoms with E-state index < -0.39 is 0 Å². The monoisotopic (exact) mass is 265 g/mol. The van der Waals surface area contributed by atoms with Gasteiger partial charge in [-0.15, -0.1) is 0 Å². The molecule has 1 aromatic rings. The Labute approximate surface area is 114 Å². The summed E-state index contributed by atoms with van der Waals surface area (Å²) in [5.74, 6) is 1.10. The molecule has 1 atom stereocenters. The van der Waals surface area contributed by atoms with Crippen molar-refractivity contribution in [1.82, 2.24) is 10.1 Å². The normalized spacial score (nSPS) is 29.8. The van der Waals surface area contributed by atoms with Crippen LogP contribution in [0.3, 0.4) is 0 Å². The first kappa shape index (κ1) is 12.9. The molecule has 5 nitrogen and oxygen atoms in total. The van der Waals surface area contributed by atoms with Crippen LogP contribution in [-0.2, 0) is 4.74 Å². The second kappa shape index (κ2) is 4.20. The fourth-order valence-corrected chi connectivity index (χ4v) is 3.30. The predicted molar refractivity (Wildman–Crippen MR) is 72.3 cm³/mol. The lowest BCUT2D eigenvalue weighted by Gasteiger charge is -2.22. The van der Waals surface area contributed by atoms with Crippen LogP contribution in [-0.4, -0.2) is 35.4 Å². The van der Waals surface area contributed by atoms with Crippen molar-refractivity contribution in [2.45, 2.75) is 52.1 Å². The van der Waals surface area contributed by atoms with Crippen molar-refractivity contribution < 1.29 is 9.26 Å². The molecule has 19 heavy (non-hydrogen) atoms. The van der Waals surface area contributed by atoms with Crippen LogP contribution in [0.4, 0.5) is 6.01 Å². The second-order valence-corrected chi connectivity index (χ2v) is 6.99. The fraction of sp³-hybridized carbons (Fsp3) is 0.857. The van der Waals surface area contributed by atoms with Gasteiger partial charge >= 0.3 is 6.01 Å². The standard InChI is InChI=1S/C14H23N3O2/c1-10(2)11-15-12(19-16-11)17-6-5-14(8-17)7-13(3,4)18-9-14/h10H,5-9H2,1-4H3. The van der Waals surface area contributed by atoms with E-state index in [-0.39, 0.29) is 11.0 Å². The van der Waals surface area contributed by atoms with Crippen molar-refractivity contribution >= 4 is 6.01 Å². The maximum absolute atomic E-state index is 5.91. The van der Waals surface area contributed by atoms with Crippen LogP contribution in [0.2, 0.25) is 0 Å². The Morgan fingerprint density at radius 1 is 1.32 bits per heavy atom. The van der Waals surface area contributed by atoms with E-state index in [0.29, 0.717) is 11.9 Å². The molecule has 2 saturated heterocycles. The summed E-state index contributed by atoms with van der Waals surface area (Å²) in [6, 6.07) is 0.672. The van der Waals surface area contributed by atoms with Crippen molar-refractivity contribution in [2.75, 3.05) is 24.6 Å². The molecule has 0 bridgehead atoms. The largest absolute Gasteiger partial charge is 0.375 e. The van der Waals surface area contributed by atoms with Crippen molar-refractivity contribution in [3.05, 3.63) is 5.82 Å². The molecule has 1 spiro atoms. The molecular weight excluding hydrogens is 242 g/mol. The summed E-state index contributed by atoms with van der Waals surface area (Å²) in [6.07, 6.45) is 2.26. The van der Waals surface area contributed by atoms with Gasteiger partial charge in [-0.05, 0) is 26.7 Å². The molecule has 0 aliphatic carbocycles. The number of nitrogens with zero attached hydrogens (tertiary/aromatic N) is 3. The molecule has 0 radical (unpaired) electrons. The lowest BCUT2D eigenvalue weighted by atomic mass is 9.81. The first-order valence-electron chi connectivity index (χ1n) is 7.12. The van der Waals surface area contributed by atoms with E-state index in [1.54, 1.807) is 0 Å². The zero-order valence-electron chi connectivity index (χ0n) is 12.3. The highest BCUT2D eigenvalue weighted by Gasteiger charge is 2.49. The quantitative estimate of drug-likeness (QED) is 0.822. The molecule has 5 heteroatoms. The van der Waals surface area contributed by atoms with E-state index in [4.69, 9.17) is 9.26 Å². The summed E-state index contributed by atoms with van der Waals surface area (Å²) in [4.78, 5) is 6.70. The Bertz CT molecular complexity index is 469. The molecule has 1 unspecified atom stereocenters. The molecule has 0 N–H and O–H groups in total. The van der Waals surface area contributed by atoms with Gasteiger partial charge < -0.3 is 14.2 Å². The van der Waals surface area contributed by atoms with E-state index in [0.717, 1.165) is 38.4 Å². The van der Waals surface area contributed by atoms with E-state index in [1.165, 1.54) is 0 Å². The average Bonchev–Trinajstić information content (AvgIpc) is 2.98. The molecule has 1 aromatic heterocycles. The maximum atomic E-state index is 5.91. The first-order chi connectivity index (χ1) is 8.89. The third-order valence-corrected chi connectivity index (χ3v) is 4.23. The summed E-state index contributed by atoms with van der Waals surface area (Å²) in [5.41, 5.74) is 0.282.